The Labute approximate surface area is 158 Å². The summed E-state index contributed by atoms with van der Waals surface area (Å²) < 4.78 is 27.8. The van der Waals surface area contributed by atoms with Crippen LogP contribution in [0.5, 0.6) is 0 Å². The molecule has 0 aliphatic heterocycles. The minimum Gasteiger partial charge on any atom is -0.481 e. The molecule has 0 saturated heterocycles. The summed E-state index contributed by atoms with van der Waals surface area (Å²) in [6, 6.07) is 12.9. The number of hydrogen-bond acceptors (Lipinski definition) is 5. The fraction of sp³-hybridized carbons (Fsp3) is 0.222. The molecule has 0 amide bonds. The number of sulfonamides is 1. The number of nitrogens with two attached hydrogens (primary N) is 1. The Kier molecular flexibility index (Phi) is 6.91. The van der Waals surface area contributed by atoms with Gasteiger partial charge in [-0.25, -0.2) is 19.3 Å². The Bertz CT molecular complexity index is 928. The number of carboxylic acid groups (broad SMARTS) is 1. The van der Waals surface area contributed by atoms with Crippen LogP contribution < -0.4 is 16.0 Å². The first-order valence-corrected chi connectivity index (χ1v) is 9.77. The maximum Gasteiger partial charge on any atom is 0.303 e. The largest absolute Gasteiger partial charge is 0.481 e. The monoisotopic (exact) mass is 390 g/mol. The molecule has 1 atom stereocenters. The highest BCUT2D eigenvalue weighted by Crippen LogP contribution is 2.27. The van der Waals surface area contributed by atoms with Crippen LogP contribution >= 0.6 is 0 Å². The van der Waals surface area contributed by atoms with E-state index in [-0.39, 0.29) is 17.2 Å². The molecule has 2 aromatic carbocycles. The summed E-state index contributed by atoms with van der Waals surface area (Å²) in [6.07, 6.45) is 1.87. The van der Waals surface area contributed by atoms with Crippen LogP contribution in [0.25, 0.3) is 0 Å². The van der Waals surface area contributed by atoms with Crippen LogP contribution in [0.4, 0.5) is 11.4 Å². The van der Waals surface area contributed by atoms with Gasteiger partial charge in [-0.2, -0.15) is 0 Å². The van der Waals surface area contributed by atoms with Gasteiger partial charge in [0, 0.05) is 5.69 Å². The minimum atomic E-state index is -3.82. The number of nitrogens with zero attached hydrogens (tertiary/aromatic N) is 1. The van der Waals surface area contributed by atoms with E-state index < -0.39 is 16.0 Å². The van der Waals surface area contributed by atoms with Crippen molar-refractivity contribution in [2.45, 2.75) is 30.6 Å². The van der Waals surface area contributed by atoms with Crippen molar-refractivity contribution in [3.8, 4) is 0 Å². The van der Waals surface area contributed by atoms with Gasteiger partial charge in [-0.15, -0.1) is 0 Å². The lowest BCUT2D eigenvalue weighted by Crippen LogP contribution is -2.18. The van der Waals surface area contributed by atoms with E-state index in [0.717, 1.165) is 5.56 Å². The Hall–Kier alpha value is -2.91. The van der Waals surface area contributed by atoms with Crippen LogP contribution in [-0.2, 0) is 14.8 Å². The first-order valence-electron chi connectivity index (χ1n) is 8.29. The molecule has 0 aliphatic carbocycles. The Morgan fingerprint density at radius 3 is 2.67 bits per heavy atom. The number of benzene rings is 2. The van der Waals surface area contributed by atoms with Gasteiger partial charge in [0.05, 0.1) is 17.0 Å². The van der Waals surface area contributed by atoms with Crippen LogP contribution in [0.1, 0.15) is 31.2 Å². The van der Waals surface area contributed by atoms with Gasteiger partial charge in [-0.1, -0.05) is 25.1 Å². The van der Waals surface area contributed by atoms with Crippen molar-refractivity contribution in [3.05, 3.63) is 54.1 Å². The third-order valence-corrected chi connectivity index (χ3v) is 5.32. The predicted octanol–water partition coefficient (Wildman–Crippen LogP) is 2.58. The molecule has 0 saturated carbocycles. The van der Waals surface area contributed by atoms with Gasteiger partial charge >= 0.3 is 5.97 Å². The van der Waals surface area contributed by atoms with Crippen molar-refractivity contribution in [1.29, 1.82) is 0 Å². The molecule has 1 unspecified atom stereocenters. The number of carboxylic acids is 1. The minimum absolute atomic E-state index is 0.0120. The molecule has 0 radical (unpaired) electrons. The second-order valence-electron chi connectivity index (χ2n) is 5.86. The highest BCUT2D eigenvalue weighted by atomic mass is 32.2. The normalized spacial score (nSPS) is 12.7. The molecule has 0 aliphatic rings. The summed E-state index contributed by atoms with van der Waals surface area (Å²) >= 11 is 0. The lowest BCUT2D eigenvalue weighted by molar-refractivity contribution is -0.137. The van der Waals surface area contributed by atoms with Gasteiger partial charge in [-0.3, -0.25) is 9.52 Å². The topological polar surface area (TPSA) is 134 Å². The zero-order valence-corrected chi connectivity index (χ0v) is 15.6. The predicted molar refractivity (Wildman–Crippen MR) is 104 cm³/mol. The smallest absolute Gasteiger partial charge is 0.303 e. The maximum atomic E-state index is 12.7. The number of rotatable bonds is 9. The summed E-state index contributed by atoms with van der Waals surface area (Å²) in [5.74, 6) is 4.04. The van der Waals surface area contributed by atoms with Crippen molar-refractivity contribution in [2.24, 2.45) is 10.8 Å². The molecule has 0 bridgehead atoms. The fourth-order valence-corrected chi connectivity index (χ4v) is 3.71. The first-order chi connectivity index (χ1) is 12.9. The summed E-state index contributed by atoms with van der Waals surface area (Å²) in [5, 5.41) is 9.03. The molecule has 144 valence electrons. The van der Waals surface area contributed by atoms with E-state index in [4.69, 9.17) is 10.9 Å². The summed E-state index contributed by atoms with van der Waals surface area (Å²) in [7, 11) is -3.82. The molecule has 2 rings (SSSR count). The van der Waals surface area contributed by atoms with Crippen LogP contribution in [0, 0.1) is 0 Å². The van der Waals surface area contributed by atoms with Gasteiger partial charge in [0.15, 0.2) is 0 Å². The Morgan fingerprint density at radius 2 is 2.00 bits per heavy atom. The zero-order chi connectivity index (χ0) is 19.9. The molecular weight excluding hydrogens is 368 g/mol. The Morgan fingerprint density at radius 1 is 1.26 bits per heavy atom. The highest BCUT2D eigenvalue weighted by molar-refractivity contribution is 7.92. The molecule has 0 heterocycles. The third kappa shape index (κ3) is 5.80. The lowest BCUT2D eigenvalue weighted by Gasteiger charge is -2.15. The van der Waals surface area contributed by atoms with E-state index in [2.05, 4.69) is 15.1 Å². The summed E-state index contributed by atoms with van der Waals surface area (Å²) in [6.45, 7) is 1.90. The van der Waals surface area contributed by atoms with E-state index in [1.54, 1.807) is 36.4 Å². The van der Waals surface area contributed by atoms with Gasteiger partial charge in [0.25, 0.3) is 10.0 Å². The summed E-state index contributed by atoms with van der Waals surface area (Å²) in [5.41, 5.74) is 3.82. The average molecular weight is 390 g/mol. The van der Waals surface area contributed by atoms with Crippen molar-refractivity contribution >= 4 is 33.7 Å². The van der Waals surface area contributed by atoms with Gasteiger partial charge in [0.1, 0.15) is 6.34 Å². The molecule has 2 aromatic rings. The molecular formula is C18H22N4O4S. The van der Waals surface area contributed by atoms with E-state index in [1.165, 1.54) is 18.5 Å². The molecule has 9 heteroatoms. The molecule has 8 nitrogen and oxygen atoms in total. The van der Waals surface area contributed by atoms with Crippen LogP contribution in [0.2, 0.25) is 0 Å². The van der Waals surface area contributed by atoms with E-state index >= 15 is 0 Å². The lowest BCUT2D eigenvalue weighted by atomic mass is 9.93. The van der Waals surface area contributed by atoms with Crippen LogP contribution in [-0.4, -0.2) is 25.8 Å². The van der Waals surface area contributed by atoms with Crippen molar-refractivity contribution in [3.63, 3.8) is 0 Å². The zero-order valence-electron chi connectivity index (χ0n) is 14.8. The second-order valence-corrected chi connectivity index (χ2v) is 7.54. The highest BCUT2D eigenvalue weighted by Gasteiger charge is 2.17. The number of hydrazine groups is 1. The third-order valence-electron chi connectivity index (χ3n) is 3.94. The average Bonchev–Trinajstić information content (AvgIpc) is 2.64. The number of anilines is 1. The SMILES string of the molecule is CCC(CC(=O)O)c1cccc(NS(=O)(=O)c2cccc(N=CNN)c2)c1. The maximum absolute atomic E-state index is 12.7. The molecule has 5 N–H and O–H groups in total. The van der Waals surface area contributed by atoms with Gasteiger partial charge < -0.3 is 10.5 Å². The van der Waals surface area contributed by atoms with Crippen molar-refractivity contribution in [1.82, 2.24) is 5.43 Å². The second kappa shape index (κ2) is 9.15. The Balaban J connectivity index is 2.26. The number of hydrogen-bond donors (Lipinski definition) is 4. The number of aliphatic imine (C=N–C) groups is 1. The van der Waals surface area contributed by atoms with Crippen molar-refractivity contribution in [2.75, 3.05) is 4.72 Å². The standard InChI is InChI=1S/C18H22N4O4S/c1-2-13(10-18(23)24)14-5-3-7-16(9-14)22-27(25,26)17-8-4-6-15(11-17)20-12-21-19/h3-9,11-13,22H,2,10,19H2,1H3,(H,20,21)(H,23,24). The number of aliphatic carboxylic acids is 1. The van der Waals surface area contributed by atoms with Crippen LogP contribution in [0.15, 0.2) is 58.4 Å². The fourth-order valence-electron chi connectivity index (χ4n) is 2.62. The first kappa shape index (κ1) is 20.4. The van der Waals surface area contributed by atoms with Crippen LogP contribution in [0.3, 0.4) is 0 Å². The van der Waals surface area contributed by atoms with Gasteiger partial charge in [-0.05, 0) is 48.2 Å². The van der Waals surface area contributed by atoms with Crippen molar-refractivity contribution < 1.29 is 18.3 Å². The quantitative estimate of drug-likeness (QED) is 0.225. The summed E-state index contributed by atoms with van der Waals surface area (Å²) in [4.78, 5) is 15.0. The number of carbonyl (C=O) groups is 1. The molecule has 0 aromatic heterocycles. The van der Waals surface area contributed by atoms with E-state index in [9.17, 15) is 13.2 Å². The van der Waals surface area contributed by atoms with Gasteiger partial charge in [0.2, 0.25) is 0 Å². The molecule has 0 spiro atoms. The van der Waals surface area contributed by atoms with E-state index in [0.29, 0.717) is 17.8 Å². The number of nitrogens with one attached hydrogen (secondary N) is 2. The molecule has 27 heavy (non-hydrogen) atoms. The van der Waals surface area contributed by atoms with E-state index in [1.807, 2.05) is 6.92 Å². The molecule has 0 fully saturated rings.